The molecule has 4 nitrogen and oxygen atoms in total. The van der Waals surface area contributed by atoms with Gasteiger partial charge in [-0.15, -0.1) is 18.2 Å². The maximum Gasteiger partial charge on any atom is 0 e. The van der Waals surface area contributed by atoms with Crippen LogP contribution in [-0.4, -0.2) is 32.8 Å². The summed E-state index contributed by atoms with van der Waals surface area (Å²) in [5.41, 5.74) is 8.55. The number of fused-ring (bicyclic) bond motifs is 4. The van der Waals surface area contributed by atoms with Crippen LogP contribution in [-0.2, 0) is 25.5 Å². The quantitative estimate of drug-likeness (QED) is 0.127. The molecule has 0 saturated carbocycles. The van der Waals surface area contributed by atoms with Crippen molar-refractivity contribution in [2.24, 2.45) is 0 Å². The van der Waals surface area contributed by atoms with E-state index < -0.39 is 13.3 Å². The second-order valence-corrected chi connectivity index (χ2v) is 27.4. The summed E-state index contributed by atoms with van der Waals surface area (Å²) in [6, 6.07) is 48.7. The van der Waals surface area contributed by atoms with Gasteiger partial charge in [-0.05, 0) is 50.9 Å². The third kappa shape index (κ3) is 7.79. The van der Waals surface area contributed by atoms with Gasteiger partial charge >= 0.3 is 99.8 Å². The Hall–Kier alpha value is -4.79. The summed E-state index contributed by atoms with van der Waals surface area (Å²) in [6.45, 7) is 6.64. The normalized spacial score (nSPS) is 11.7. The number of aromatic nitrogens is 4. The summed E-state index contributed by atoms with van der Waals surface area (Å²) in [4.78, 5) is 15.3. The van der Waals surface area contributed by atoms with Gasteiger partial charge in [-0.1, -0.05) is 86.3 Å². The Kier molecular flexibility index (Phi) is 11.3. The van der Waals surface area contributed by atoms with Gasteiger partial charge in [0, 0.05) is 31.9 Å². The van der Waals surface area contributed by atoms with E-state index in [-0.39, 0.29) is 31.3 Å². The Balaban J connectivity index is 0.000000238. The minimum Gasteiger partial charge on any atom is 0 e. The summed E-state index contributed by atoms with van der Waals surface area (Å²) >= 11 is -0.0753. The molecule has 5 aromatic carbocycles. The second-order valence-electron chi connectivity index (χ2n) is 15.7. The molecule has 1 radical (unpaired) electrons. The van der Waals surface area contributed by atoms with Crippen LogP contribution in [0.3, 0.4) is 0 Å². The Morgan fingerprint density at radius 3 is 2.27 bits per heavy atom. The van der Waals surface area contributed by atoms with E-state index in [9.17, 15) is 4.39 Å². The molecular formula is C48H41FGeIrN4S-2. The number of benzene rings is 5. The van der Waals surface area contributed by atoms with Crippen LogP contribution in [0.4, 0.5) is 4.39 Å². The second kappa shape index (κ2) is 16.0. The molecular weight excluding hydrogens is 948 g/mol. The van der Waals surface area contributed by atoms with E-state index in [0.29, 0.717) is 0 Å². The summed E-state index contributed by atoms with van der Waals surface area (Å²) in [6.07, 6.45) is 3.86. The van der Waals surface area contributed by atoms with E-state index in [1.54, 1.807) is 23.5 Å². The van der Waals surface area contributed by atoms with Gasteiger partial charge in [0.2, 0.25) is 0 Å². The van der Waals surface area contributed by atoms with E-state index in [2.05, 4.69) is 119 Å². The summed E-state index contributed by atoms with van der Waals surface area (Å²) in [5.74, 6) is 7.58. The van der Waals surface area contributed by atoms with Crippen molar-refractivity contribution in [2.45, 2.75) is 43.5 Å². The molecule has 9 rings (SSSR count). The Morgan fingerprint density at radius 2 is 1.55 bits per heavy atom. The van der Waals surface area contributed by atoms with E-state index >= 15 is 0 Å². The zero-order chi connectivity index (χ0) is 38.3. The molecule has 0 spiro atoms. The van der Waals surface area contributed by atoms with E-state index in [4.69, 9.17) is 4.98 Å². The van der Waals surface area contributed by atoms with Crippen LogP contribution in [0.25, 0.3) is 70.8 Å². The number of nitrogens with zero attached hydrogens (tertiary/aromatic N) is 4. The van der Waals surface area contributed by atoms with Crippen molar-refractivity contribution in [3.8, 4) is 39.5 Å². The average Bonchev–Trinajstić information content (AvgIpc) is 3.76. The predicted molar refractivity (Wildman–Crippen MR) is 232 cm³/mol. The number of pyridine rings is 2. The van der Waals surface area contributed by atoms with Crippen LogP contribution in [0, 0.1) is 17.9 Å². The van der Waals surface area contributed by atoms with Gasteiger partial charge in [0.15, 0.2) is 0 Å². The van der Waals surface area contributed by atoms with Gasteiger partial charge in [-0.25, -0.2) is 9.37 Å². The molecule has 0 aliphatic carbocycles. The van der Waals surface area contributed by atoms with Crippen LogP contribution < -0.4 is 4.40 Å². The molecule has 0 fully saturated rings. The molecule has 56 heavy (non-hydrogen) atoms. The third-order valence-electron chi connectivity index (χ3n) is 9.82. The van der Waals surface area contributed by atoms with Crippen molar-refractivity contribution < 1.29 is 24.5 Å². The van der Waals surface area contributed by atoms with Crippen molar-refractivity contribution in [1.82, 2.24) is 19.5 Å². The largest absolute Gasteiger partial charge is 0 e. The summed E-state index contributed by atoms with van der Waals surface area (Å²) < 4.78 is 19.5. The number of imidazole rings is 1. The van der Waals surface area contributed by atoms with Crippen molar-refractivity contribution >= 4 is 60.3 Å². The first-order valence-corrected chi connectivity index (χ1v) is 26.6. The fraction of sp³-hybridized carbons (Fsp3) is 0.146. The van der Waals surface area contributed by atoms with Crippen LogP contribution in [0.2, 0.25) is 17.3 Å². The third-order valence-corrected chi connectivity index (χ3v) is 15.2. The molecule has 4 heterocycles. The zero-order valence-corrected chi connectivity index (χ0v) is 37.5. The molecule has 0 N–H and O–H groups in total. The predicted octanol–water partition coefficient (Wildman–Crippen LogP) is 12.5. The average molecular weight is 990 g/mol. The molecule has 0 unspecified atom stereocenters. The smallest absolute Gasteiger partial charge is 0 e. The summed E-state index contributed by atoms with van der Waals surface area (Å²) in [5, 5.41) is 2.23. The first kappa shape index (κ1) is 39.4. The molecule has 0 atom stereocenters. The van der Waals surface area contributed by atoms with Gasteiger partial charge in [0.1, 0.15) is 10.6 Å². The van der Waals surface area contributed by atoms with Crippen LogP contribution in [0.15, 0.2) is 140 Å². The minimum absolute atomic E-state index is 0. The van der Waals surface area contributed by atoms with E-state index in [1.807, 2.05) is 67.0 Å². The van der Waals surface area contributed by atoms with Gasteiger partial charge in [0.25, 0.3) is 0 Å². The van der Waals surface area contributed by atoms with Gasteiger partial charge in [0.05, 0.1) is 22.5 Å². The number of halogens is 1. The number of thiophene rings is 1. The first-order valence-electron chi connectivity index (χ1n) is 18.5. The number of hydrogen-bond donors (Lipinski definition) is 0. The maximum absolute atomic E-state index is 14.8. The molecule has 0 bridgehead atoms. The Morgan fingerprint density at radius 1 is 0.750 bits per heavy atom. The molecule has 0 saturated heterocycles. The standard InChI is InChI=1S/C34H25FN3S.C14H16GeN.Ir/c1-34(2,3)27-16-8-12-23(21-10-5-4-6-11-21)30(27)38-29-20-22(35)17-18-28(29)37-32(38)26-14-7-13-24-25-15-9-19-36-33(25)39-31(24)26;1-15(2,3)13-9-10-14(16-11-13)12-7-5-4-6-8-12;/h4-13,15-20H,1-3H3;4-7,9-11H,1-3H3;/q2*-1;. The van der Waals surface area contributed by atoms with Crippen molar-refractivity contribution in [3.05, 3.63) is 163 Å². The monoisotopic (exact) mass is 991 g/mol. The fourth-order valence-electron chi connectivity index (χ4n) is 6.97. The number of para-hydroxylation sites is 1. The van der Waals surface area contributed by atoms with Crippen molar-refractivity contribution in [1.29, 1.82) is 0 Å². The Bertz CT molecular complexity index is 2780. The topological polar surface area (TPSA) is 43.6 Å². The van der Waals surface area contributed by atoms with Crippen LogP contribution in [0.1, 0.15) is 26.3 Å². The zero-order valence-electron chi connectivity index (χ0n) is 32.2. The van der Waals surface area contributed by atoms with Gasteiger partial charge in [-0.2, -0.15) is 11.3 Å². The molecule has 0 aliphatic rings. The van der Waals surface area contributed by atoms with E-state index in [0.717, 1.165) is 76.4 Å². The van der Waals surface area contributed by atoms with E-state index in [1.165, 1.54) is 10.5 Å². The number of rotatable bonds is 5. The fourth-order valence-corrected chi connectivity index (χ4v) is 10.3. The van der Waals surface area contributed by atoms with Crippen LogP contribution in [0.5, 0.6) is 0 Å². The van der Waals surface area contributed by atoms with Crippen molar-refractivity contribution in [3.63, 3.8) is 0 Å². The summed E-state index contributed by atoms with van der Waals surface area (Å²) in [7, 11) is 0. The molecule has 4 aromatic heterocycles. The molecule has 8 heteroatoms. The first-order chi connectivity index (χ1) is 26.5. The molecule has 9 aromatic rings. The van der Waals surface area contributed by atoms with Gasteiger partial charge < -0.3 is 4.57 Å². The maximum atomic E-state index is 14.8. The Labute approximate surface area is 348 Å². The molecule has 0 aliphatic heterocycles. The van der Waals surface area contributed by atoms with Crippen molar-refractivity contribution in [2.75, 3.05) is 0 Å². The molecule has 281 valence electrons. The minimum atomic E-state index is -1.72. The number of hydrogen-bond acceptors (Lipinski definition) is 4. The van der Waals surface area contributed by atoms with Gasteiger partial charge in [-0.3, -0.25) is 4.98 Å². The van der Waals surface area contributed by atoms with Crippen LogP contribution >= 0.6 is 11.3 Å². The molecule has 0 amide bonds. The SMILES string of the molecule is CC(C)(C)c1cccc(-c2ccccc2)c1-n1c(-c2[c-]ccc3c2sc2ncccc23)nc2ccc(F)cc21.[CH3][Ge]([CH3])([CH3])[c]1ccc(-c2[c-]cccc2)nc1.[Ir].